The Morgan fingerprint density at radius 1 is 0.758 bits per heavy atom. The number of piperazine rings is 1. The summed E-state index contributed by atoms with van der Waals surface area (Å²) in [5, 5.41) is 16.6. The quantitative estimate of drug-likeness (QED) is 0.128. The van der Waals surface area contributed by atoms with Crippen LogP contribution in [0.15, 0.2) is 140 Å². The van der Waals surface area contributed by atoms with Crippen molar-refractivity contribution in [3.63, 3.8) is 0 Å². The van der Waals surface area contributed by atoms with E-state index in [1.807, 2.05) is 129 Å². The maximum atomic E-state index is 17.0. The number of hydrogen-bond donors (Lipinski definition) is 1. The maximum Gasteiger partial charge on any atom is 0.407 e. The zero-order valence-corrected chi connectivity index (χ0v) is 37.9. The molecule has 2 aromatic heterocycles. The molecule has 1 saturated carbocycles. The molecule has 0 unspecified atom stereocenters. The van der Waals surface area contributed by atoms with E-state index < -0.39 is 23.3 Å². The van der Waals surface area contributed by atoms with E-state index in [0.717, 1.165) is 51.6 Å². The minimum atomic E-state index is -0.956. The van der Waals surface area contributed by atoms with E-state index in [0.29, 0.717) is 71.3 Å². The second-order valence-electron chi connectivity index (χ2n) is 18.5. The first-order valence-corrected chi connectivity index (χ1v) is 22.8. The summed E-state index contributed by atoms with van der Waals surface area (Å²) in [6, 6.07) is 44.8. The van der Waals surface area contributed by atoms with Crippen LogP contribution >= 0.6 is 0 Å². The molecule has 0 bridgehead atoms. The van der Waals surface area contributed by atoms with E-state index in [4.69, 9.17) is 24.5 Å². The minimum Gasteiger partial charge on any atom is -0.483 e. The van der Waals surface area contributed by atoms with Crippen LogP contribution < -0.4 is 14.4 Å². The zero-order chi connectivity index (χ0) is 45.7. The van der Waals surface area contributed by atoms with Gasteiger partial charge in [0, 0.05) is 55.0 Å². The van der Waals surface area contributed by atoms with Crippen molar-refractivity contribution in [2.24, 2.45) is 0 Å². The summed E-state index contributed by atoms with van der Waals surface area (Å²) in [7, 11) is 0. The summed E-state index contributed by atoms with van der Waals surface area (Å²) in [6.07, 6.45) is 2.58. The van der Waals surface area contributed by atoms with Crippen molar-refractivity contribution in [3.05, 3.63) is 179 Å². The summed E-state index contributed by atoms with van der Waals surface area (Å²) in [6.45, 7) is 11.2. The van der Waals surface area contributed by atoms with Crippen molar-refractivity contribution in [2.45, 2.75) is 70.6 Å². The molecule has 8 aromatic rings. The number of carbonyl (C=O) groups is 1. The summed E-state index contributed by atoms with van der Waals surface area (Å²) < 4.78 is 33.1. The van der Waals surface area contributed by atoms with Gasteiger partial charge in [-0.1, -0.05) is 121 Å². The van der Waals surface area contributed by atoms with E-state index in [9.17, 15) is 9.90 Å². The highest BCUT2D eigenvalue weighted by molar-refractivity contribution is 6.05. The van der Waals surface area contributed by atoms with Crippen molar-refractivity contribution in [1.82, 2.24) is 24.6 Å². The third-order valence-corrected chi connectivity index (χ3v) is 12.9. The van der Waals surface area contributed by atoms with Gasteiger partial charge in [0.05, 0.1) is 10.9 Å². The van der Waals surface area contributed by atoms with Gasteiger partial charge >= 0.3 is 6.09 Å². The highest BCUT2D eigenvalue weighted by Gasteiger charge is 2.41. The molecule has 2 aliphatic rings. The lowest BCUT2D eigenvalue weighted by molar-refractivity contribution is 0.126. The Kier molecular flexibility index (Phi) is 11.0. The Morgan fingerprint density at radius 3 is 1.85 bits per heavy atom. The molecule has 0 radical (unpaired) electrons. The Morgan fingerprint density at radius 2 is 1.32 bits per heavy atom. The number of amides is 1. The van der Waals surface area contributed by atoms with Crippen LogP contribution in [0.2, 0.25) is 0 Å². The first kappa shape index (κ1) is 42.7. The molecule has 10 rings (SSSR count). The zero-order valence-electron chi connectivity index (χ0n) is 37.9. The summed E-state index contributed by atoms with van der Waals surface area (Å²) >= 11 is 0. The van der Waals surface area contributed by atoms with Crippen molar-refractivity contribution in [2.75, 3.05) is 31.1 Å². The highest BCUT2D eigenvalue weighted by atomic mass is 19.1. The normalized spacial score (nSPS) is 15.0. The lowest BCUT2D eigenvalue weighted by atomic mass is 9.77. The first-order valence-electron chi connectivity index (χ1n) is 22.8. The second kappa shape index (κ2) is 16.9. The summed E-state index contributed by atoms with van der Waals surface area (Å²) in [4.78, 5) is 25.8. The van der Waals surface area contributed by atoms with E-state index in [2.05, 4.69) is 48.7 Å². The number of anilines is 1. The number of hydrogen-bond acceptors (Lipinski definition) is 7. The summed E-state index contributed by atoms with van der Waals surface area (Å²) in [5.74, 6) is 1.09. The molecular weight excluding hydrogens is 828 g/mol. The lowest BCUT2D eigenvalue weighted by Gasteiger charge is -2.36. The Balaban J connectivity index is 1.29. The van der Waals surface area contributed by atoms with E-state index in [1.165, 1.54) is 4.90 Å². The molecule has 6 aromatic carbocycles. The predicted molar refractivity (Wildman–Crippen MR) is 257 cm³/mol. The molecule has 10 nitrogen and oxygen atoms in total. The number of fused-ring (bicyclic) bond motifs is 2. The van der Waals surface area contributed by atoms with Gasteiger partial charge in [0.25, 0.3) is 0 Å². The van der Waals surface area contributed by atoms with Crippen LogP contribution in [0.25, 0.3) is 32.9 Å². The van der Waals surface area contributed by atoms with Crippen molar-refractivity contribution in [3.8, 4) is 22.8 Å². The number of aromatic nitrogens is 4. The molecule has 334 valence electrons. The monoisotopic (exact) mass is 880 g/mol. The van der Waals surface area contributed by atoms with Gasteiger partial charge in [0.15, 0.2) is 5.75 Å². The minimum absolute atomic E-state index is 0.162. The first-order chi connectivity index (χ1) is 31.9. The summed E-state index contributed by atoms with van der Waals surface area (Å²) in [5.41, 5.74) is 6.34. The van der Waals surface area contributed by atoms with E-state index >= 15 is 4.39 Å². The van der Waals surface area contributed by atoms with Crippen LogP contribution in [-0.2, 0) is 5.54 Å². The molecule has 0 spiro atoms. The van der Waals surface area contributed by atoms with Gasteiger partial charge in [-0.25, -0.2) is 14.2 Å². The molecule has 2 fully saturated rings. The highest BCUT2D eigenvalue weighted by Crippen LogP contribution is 2.54. The van der Waals surface area contributed by atoms with Gasteiger partial charge in [-0.2, -0.15) is 10.1 Å². The van der Waals surface area contributed by atoms with Gasteiger partial charge in [-0.3, -0.25) is 4.68 Å². The van der Waals surface area contributed by atoms with E-state index in [1.54, 1.807) is 6.07 Å². The fraction of sp³-hybridized carbons (Fsp3) is 0.273. The molecule has 1 saturated heterocycles. The molecule has 1 aliphatic heterocycles. The van der Waals surface area contributed by atoms with Gasteiger partial charge in [-0.15, -0.1) is 0 Å². The molecular formula is C55H53FN6O4. The third kappa shape index (κ3) is 7.76. The van der Waals surface area contributed by atoms with Crippen molar-refractivity contribution >= 4 is 33.8 Å². The standard InChI is InChI=1S/C55H53FN6O4/c1-35-45(56)33-46-44(34-62(59-46)55(39-20-12-7-13-21-39,40-22-14-8-15-23-40)41-24-16-9-17-25-41)47(35)48-42(38-26-27-38)32-43-49(50(48)65-36(2)37-18-10-6-11-19-37)57-52(58-51(43)66-54(3,4)5)60-28-30-61(31-29-60)53(63)64/h6-25,32-34,36,38H,26-31H2,1-5H3,(H,63,64)/t36-/m0/s1. The van der Waals surface area contributed by atoms with Crippen LogP contribution in [0.4, 0.5) is 15.1 Å². The fourth-order valence-corrected chi connectivity index (χ4v) is 9.55. The van der Waals surface area contributed by atoms with Gasteiger partial charge in [0.2, 0.25) is 11.8 Å². The Hall–Kier alpha value is -7.27. The number of carboxylic acid groups (broad SMARTS) is 1. The second-order valence-corrected chi connectivity index (χ2v) is 18.5. The molecule has 3 heterocycles. The Bertz CT molecular complexity index is 2960. The maximum absolute atomic E-state index is 17.0. The van der Waals surface area contributed by atoms with Gasteiger partial charge in [-0.05, 0) is 92.8 Å². The number of benzene rings is 6. The largest absolute Gasteiger partial charge is 0.483 e. The molecule has 11 heteroatoms. The van der Waals surface area contributed by atoms with Crippen LogP contribution in [0.3, 0.4) is 0 Å². The average molecular weight is 881 g/mol. The van der Waals surface area contributed by atoms with Crippen molar-refractivity contribution in [1.29, 1.82) is 0 Å². The predicted octanol–water partition coefficient (Wildman–Crippen LogP) is 11.9. The smallest absolute Gasteiger partial charge is 0.407 e. The fourth-order valence-electron chi connectivity index (χ4n) is 9.55. The average Bonchev–Trinajstić information content (AvgIpc) is 4.10. The van der Waals surface area contributed by atoms with Crippen LogP contribution in [0.5, 0.6) is 11.6 Å². The van der Waals surface area contributed by atoms with Crippen molar-refractivity contribution < 1.29 is 23.8 Å². The molecule has 1 N–H and O–H groups in total. The van der Waals surface area contributed by atoms with Crippen LogP contribution in [0, 0.1) is 12.7 Å². The SMILES string of the molecule is Cc1c(F)cc2nn(C(c3ccccc3)(c3ccccc3)c3ccccc3)cc2c1-c1c(C2CC2)cc2c(OC(C)(C)C)nc(N3CCN(C(=O)O)CC3)nc2c1O[C@@H](C)c1ccccc1. The van der Waals surface area contributed by atoms with Gasteiger partial charge < -0.3 is 24.4 Å². The number of halogens is 1. The Labute approximate surface area is 384 Å². The topological polar surface area (TPSA) is 106 Å². The molecule has 66 heavy (non-hydrogen) atoms. The van der Waals surface area contributed by atoms with Crippen LogP contribution in [-0.4, -0.2) is 67.6 Å². The molecule has 1 atom stereocenters. The molecule has 1 amide bonds. The number of rotatable bonds is 11. The number of ether oxygens (including phenoxy) is 2. The third-order valence-electron chi connectivity index (χ3n) is 12.9. The van der Waals surface area contributed by atoms with Gasteiger partial charge in [0.1, 0.15) is 28.6 Å². The van der Waals surface area contributed by atoms with E-state index in [-0.39, 0.29) is 11.7 Å². The number of nitrogens with zero attached hydrogens (tertiary/aromatic N) is 6. The molecule has 1 aliphatic carbocycles. The van der Waals surface area contributed by atoms with Crippen LogP contribution in [0.1, 0.15) is 85.9 Å². The lowest BCUT2D eigenvalue weighted by Crippen LogP contribution is -2.48.